The molecule has 116 valence electrons. The Bertz CT molecular complexity index is 684. The molecular weight excluding hydrogens is 276 g/mol. The molecule has 4 heteroatoms. The topological polar surface area (TPSA) is 64.3 Å². The Morgan fingerprint density at radius 1 is 1.23 bits per heavy atom. The Morgan fingerprint density at radius 2 is 2.00 bits per heavy atom. The van der Waals surface area contributed by atoms with Crippen molar-refractivity contribution in [1.82, 2.24) is 5.32 Å². The molecule has 1 saturated carbocycles. The minimum atomic E-state index is -0.0239. The number of hydrogen-bond donors (Lipinski definition) is 2. The molecule has 0 bridgehead atoms. The predicted molar refractivity (Wildman–Crippen MR) is 88.1 cm³/mol. The standard InChI is InChI=1S/C18H22N2O2/c1-22-17-10-9-15(13-6-2-3-7-14(13)17)18(21)20-16-8-4-5-12(16)11-19/h2-3,6-7,9-10,12,16H,4-5,8,11,19H2,1H3,(H,20,21). The fraction of sp³-hybridized carbons (Fsp3) is 0.389. The van der Waals surface area contributed by atoms with Crippen LogP contribution in [0.25, 0.3) is 10.8 Å². The van der Waals surface area contributed by atoms with Gasteiger partial charge in [0, 0.05) is 17.0 Å². The number of amides is 1. The van der Waals surface area contributed by atoms with Gasteiger partial charge in [-0.2, -0.15) is 0 Å². The van der Waals surface area contributed by atoms with E-state index in [1.165, 1.54) is 0 Å². The molecule has 0 spiro atoms. The fourth-order valence-electron chi connectivity index (χ4n) is 3.40. The summed E-state index contributed by atoms with van der Waals surface area (Å²) in [4.78, 5) is 12.7. The second-order valence-electron chi connectivity index (χ2n) is 5.87. The van der Waals surface area contributed by atoms with Gasteiger partial charge < -0.3 is 15.8 Å². The second kappa shape index (κ2) is 6.36. The lowest BCUT2D eigenvalue weighted by Crippen LogP contribution is -2.39. The first kappa shape index (κ1) is 14.9. The van der Waals surface area contributed by atoms with E-state index in [2.05, 4.69) is 5.32 Å². The molecule has 3 rings (SSSR count). The molecule has 2 aromatic carbocycles. The summed E-state index contributed by atoms with van der Waals surface area (Å²) in [7, 11) is 1.64. The highest BCUT2D eigenvalue weighted by molar-refractivity contribution is 6.08. The van der Waals surface area contributed by atoms with Gasteiger partial charge in [0.05, 0.1) is 7.11 Å². The molecule has 0 heterocycles. The first-order valence-corrected chi connectivity index (χ1v) is 7.81. The summed E-state index contributed by atoms with van der Waals surface area (Å²) < 4.78 is 5.38. The third-order valence-electron chi connectivity index (χ3n) is 4.63. The summed E-state index contributed by atoms with van der Waals surface area (Å²) in [5.41, 5.74) is 6.49. The van der Waals surface area contributed by atoms with Gasteiger partial charge in [-0.1, -0.05) is 30.7 Å². The summed E-state index contributed by atoms with van der Waals surface area (Å²) in [6.45, 7) is 0.633. The van der Waals surface area contributed by atoms with Crippen LogP contribution in [-0.2, 0) is 0 Å². The van der Waals surface area contributed by atoms with Crippen molar-refractivity contribution < 1.29 is 9.53 Å². The first-order chi connectivity index (χ1) is 10.7. The van der Waals surface area contributed by atoms with Crippen molar-refractivity contribution in [3.05, 3.63) is 42.0 Å². The molecule has 0 radical (unpaired) electrons. The van der Waals surface area contributed by atoms with Crippen LogP contribution in [-0.4, -0.2) is 25.6 Å². The lowest BCUT2D eigenvalue weighted by atomic mass is 10.0. The van der Waals surface area contributed by atoms with E-state index < -0.39 is 0 Å². The average Bonchev–Trinajstić information content (AvgIpc) is 3.00. The summed E-state index contributed by atoms with van der Waals surface area (Å²) in [6.07, 6.45) is 3.25. The van der Waals surface area contributed by atoms with Crippen LogP contribution in [0.1, 0.15) is 29.6 Å². The van der Waals surface area contributed by atoms with E-state index in [1.807, 2.05) is 36.4 Å². The van der Waals surface area contributed by atoms with Gasteiger partial charge in [0.25, 0.3) is 5.91 Å². The van der Waals surface area contributed by atoms with Crippen LogP contribution in [0.2, 0.25) is 0 Å². The van der Waals surface area contributed by atoms with Gasteiger partial charge in [-0.15, -0.1) is 0 Å². The summed E-state index contributed by atoms with van der Waals surface area (Å²) in [6, 6.07) is 11.7. The van der Waals surface area contributed by atoms with Crippen molar-refractivity contribution in [1.29, 1.82) is 0 Å². The number of carbonyl (C=O) groups excluding carboxylic acids is 1. The van der Waals surface area contributed by atoms with Crippen LogP contribution < -0.4 is 15.8 Å². The van der Waals surface area contributed by atoms with Gasteiger partial charge in [0.1, 0.15) is 5.75 Å². The number of rotatable bonds is 4. The maximum absolute atomic E-state index is 12.7. The molecule has 1 fully saturated rings. The van der Waals surface area contributed by atoms with Crippen molar-refractivity contribution >= 4 is 16.7 Å². The zero-order valence-electron chi connectivity index (χ0n) is 12.8. The van der Waals surface area contributed by atoms with Crippen LogP contribution in [0.4, 0.5) is 0 Å². The number of benzene rings is 2. The minimum absolute atomic E-state index is 0.0239. The highest BCUT2D eigenvalue weighted by Crippen LogP contribution is 2.29. The Labute approximate surface area is 130 Å². The normalized spacial score (nSPS) is 21.0. The van der Waals surface area contributed by atoms with Crippen LogP contribution in [0.5, 0.6) is 5.75 Å². The number of nitrogens with one attached hydrogen (secondary N) is 1. The van der Waals surface area contributed by atoms with E-state index >= 15 is 0 Å². The highest BCUT2D eigenvalue weighted by Gasteiger charge is 2.28. The van der Waals surface area contributed by atoms with E-state index in [9.17, 15) is 4.79 Å². The lowest BCUT2D eigenvalue weighted by molar-refractivity contribution is 0.0930. The maximum atomic E-state index is 12.7. The maximum Gasteiger partial charge on any atom is 0.252 e. The van der Waals surface area contributed by atoms with Crippen molar-refractivity contribution in [2.45, 2.75) is 25.3 Å². The van der Waals surface area contributed by atoms with E-state index in [4.69, 9.17) is 10.5 Å². The van der Waals surface area contributed by atoms with Gasteiger partial charge in [0.2, 0.25) is 0 Å². The van der Waals surface area contributed by atoms with Gasteiger partial charge in [-0.3, -0.25) is 4.79 Å². The molecule has 0 aliphatic heterocycles. The lowest BCUT2D eigenvalue weighted by Gasteiger charge is -2.20. The third kappa shape index (κ3) is 2.66. The molecule has 2 atom stereocenters. The summed E-state index contributed by atoms with van der Waals surface area (Å²) >= 11 is 0. The van der Waals surface area contributed by atoms with Crippen LogP contribution in [0.3, 0.4) is 0 Å². The van der Waals surface area contributed by atoms with E-state index in [0.29, 0.717) is 18.0 Å². The molecule has 2 aromatic rings. The molecule has 1 aliphatic carbocycles. The number of methoxy groups -OCH3 is 1. The van der Waals surface area contributed by atoms with Crippen LogP contribution >= 0.6 is 0 Å². The molecule has 4 nitrogen and oxygen atoms in total. The zero-order valence-corrected chi connectivity index (χ0v) is 12.8. The number of fused-ring (bicyclic) bond motifs is 1. The smallest absolute Gasteiger partial charge is 0.252 e. The van der Waals surface area contributed by atoms with Gasteiger partial charge >= 0.3 is 0 Å². The second-order valence-corrected chi connectivity index (χ2v) is 5.87. The Kier molecular flexibility index (Phi) is 4.29. The average molecular weight is 298 g/mol. The number of hydrogen-bond acceptors (Lipinski definition) is 3. The molecule has 2 unspecified atom stereocenters. The van der Waals surface area contributed by atoms with E-state index in [1.54, 1.807) is 7.11 Å². The molecule has 1 amide bonds. The molecule has 1 aliphatic rings. The summed E-state index contributed by atoms with van der Waals surface area (Å²) in [5.74, 6) is 1.16. The van der Waals surface area contributed by atoms with E-state index in [-0.39, 0.29) is 11.9 Å². The monoisotopic (exact) mass is 298 g/mol. The van der Waals surface area contributed by atoms with Gasteiger partial charge in [-0.25, -0.2) is 0 Å². The summed E-state index contributed by atoms with van der Waals surface area (Å²) in [5, 5.41) is 5.04. The molecular formula is C18H22N2O2. The van der Waals surface area contributed by atoms with Gasteiger partial charge in [0.15, 0.2) is 0 Å². The van der Waals surface area contributed by atoms with Crippen molar-refractivity contribution in [2.24, 2.45) is 11.7 Å². The number of nitrogens with two attached hydrogens (primary N) is 1. The van der Waals surface area contributed by atoms with Gasteiger partial charge in [-0.05, 0) is 42.8 Å². The molecule has 0 aromatic heterocycles. The minimum Gasteiger partial charge on any atom is -0.496 e. The molecule has 0 saturated heterocycles. The number of carbonyl (C=O) groups is 1. The predicted octanol–water partition coefficient (Wildman–Crippen LogP) is 2.71. The third-order valence-corrected chi connectivity index (χ3v) is 4.63. The Morgan fingerprint density at radius 3 is 2.73 bits per heavy atom. The quantitative estimate of drug-likeness (QED) is 0.912. The first-order valence-electron chi connectivity index (χ1n) is 7.81. The van der Waals surface area contributed by atoms with Crippen molar-refractivity contribution in [2.75, 3.05) is 13.7 Å². The van der Waals surface area contributed by atoms with Crippen LogP contribution in [0, 0.1) is 5.92 Å². The van der Waals surface area contributed by atoms with E-state index in [0.717, 1.165) is 35.8 Å². The largest absolute Gasteiger partial charge is 0.496 e. The molecule has 3 N–H and O–H groups in total. The van der Waals surface area contributed by atoms with Crippen molar-refractivity contribution in [3.63, 3.8) is 0 Å². The van der Waals surface area contributed by atoms with Crippen LogP contribution in [0.15, 0.2) is 36.4 Å². The highest BCUT2D eigenvalue weighted by atomic mass is 16.5. The Balaban J connectivity index is 1.91. The fourth-order valence-corrected chi connectivity index (χ4v) is 3.40. The number of ether oxygens (including phenoxy) is 1. The Hall–Kier alpha value is -2.07. The zero-order chi connectivity index (χ0) is 15.5. The van der Waals surface area contributed by atoms with Crippen molar-refractivity contribution in [3.8, 4) is 5.75 Å². The molecule has 22 heavy (non-hydrogen) atoms. The SMILES string of the molecule is COc1ccc(C(=O)NC2CCCC2CN)c2ccccc12.